The largest absolute Gasteiger partial charge is 0.507 e. The number of phenolic OH excluding ortho intramolecular Hbond substituents is 1. The standard InChI is InChI=1S/C15H21NO3/c1-2-15(11-17)7-9-16(10-8-15)14(19)12-5-3-4-6-13(12)18/h3-6,17-18H,2,7-11H2,1H3. The third kappa shape index (κ3) is 2.73. The summed E-state index contributed by atoms with van der Waals surface area (Å²) in [4.78, 5) is 14.1. The first-order valence-corrected chi connectivity index (χ1v) is 6.80. The third-order valence-corrected chi connectivity index (χ3v) is 4.33. The minimum Gasteiger partial charge on any atom is -0.507 e. The molecular formula is C15H21NO3. The molecule has 2 N–H and O–H groups in total. The Morgan fingerprint density at radius 2 is 1.95 bits per heavy atom. The lowest BCUT2D eigenvalue weighted by molar-refractivity contribution is 0.0336. The summed E-state index contributed by atoms with van der Waals surface area (Å²) in [5, 5.41) is 19.2. The smallest absolute Gasteiger partial charge is 0.257 e. The average Bonchev–Trinajstić information content (AvgIpc) is 2.47. The van der Waals surface area contributed by atoms with Crippen LogP contribution in [0.4, 0.5) is 0 Å². The van der Waals surface area contributed by atoms with Crippen molar-refractivity contribution in [1.82, 2.24) is 4.90 Å². The van der Waals surface area contributed by atoms with Gasteiger partial charge in [0.05, 0.1) is 5.56 Å². The second-order valence-corrected chi connectivity index (χ2v) is 5.32. The number of rotatable bonds is 3. The summed E-state index contributed by atoms with van der Waals surface area (Å²) in [7, 11) is 0. The average molecular weight is 263 g/mol. The number of amides is 1. The molecule has 2 rings (SSSR count). The van der Waals surface area contributed by atoms with E-state index in [2.05, 4.69) is 6.92 Å². The lowest BCUT2D eigenvalue weighted by atomic mass is 9.77. The second-order valence-electron chi connectivity index (χ2n) is 5.32. The van der Waals surface area contributed by atoms with Crippen LogP contribution in [0.25, 0.3) is 0 Å². The van der Waals surface area contributed by atoms with Crippen LogP contribution < -0.4 is 0 Å². The molecule has 4 heteroatoms. The van der Waals surface area contributed by atoms with Crippen molar-refractivity contribution in [2.75, 3.05) is 19.7 Å². The van der Waals surface area contributed by atoms with E-state index in [0.29, 0.717) is 18.7 Å². The molecule has 0 spiro atoms. The van der Waals surface area contributed by atoms with E-state index in [1.807, 2.05) is 0 Å². The topological polar surface area (TPSA) is 60.8 Å². The van der Waals surface area contributed by atoms with Gasteiger partial charge in [0.15, 0.2) is 0 Å². The molecule has 1 aliphatic rings. The highest BCUT2D eigenvalue weighted by Gasteiger charge is 2.34. The number of aromatic hydroxyl groups is 1. The number of aliphatic hydroxyl groups excluding tert-OH is 1. The minimum atomic E-state index is -0.124. The molecule has 1 heterocycles. The fraction of sp³-hybridized carbons (Fsp3) is 0.533. The Bertz CT molecular complexity index is 444. The van der Waals surface area contributed by atoms with Gasteiger partial charge in [-0.05, 0) is 36.8 Å². The maximum absolute atomic E-state index is 12.3. The van der Waals surface area contributed by atoms with Crippen molar-refractivity contribution in [3.8, 4) is 5.75 Å². The van der Waals surface area contributed by atoms with E-state index in [0.717, 1.165) is 19.3 Å². The van der Waals surface area contributed by atoms with E-state index < -0.39 is 0 Å². The molecule has 0 unspecified atom stereocenters. The number of hydrogen-bond donors (Lipinski definition) is 2. The molecule has 0 atom stereocenters. The van der Waals surface area contributed by atoms with E-state index in [9.17, 15) is 15.0 Å². The molecule has 0 radical (unpaired) electrons. The van der Waals surface area contributed by atoms with Crippen molar-refractivity contribution in [3.63, 3.8) is 0 Å². The fourth-order valence-electron chi connectivity index (χ4n) is 2.63. The summed E-state index contributed by atoms with van der Waals surface area (Å²) in [6, 6.07) is 6.63. The van der Waals surface area contributed by atoms with Gasteiger partial charge >= 0.3 is 0 Å². The first-order valence-electron chi connectivity index (χ1n) is 6.80. The minimum absolute atomic E-state index is 0.0296. The third-order valence-electron chi connectivity index (χ3n) is 4.33. The highest BCUT2D eigenvalue weighted by atomic mass is 16.3. The molecule has 19 heavy (non-hydrogen) atoms. The van der Waals surface area contributed by atoms with Crippen molar-refractivity contribution in [2.24, 2.45) is 5.41 Å². The quantitative estimate of drug-likeness (QED) is 0.877. The number of carbonyl (C=O) groups excluding carboxylic acids is 1. The van der Waals surface area contributed by atoms with Crippen LogP contribution in [-0.2, 0) is 0 Å². The highest BCUT2D eigenvalue weighted by molar-refractivity contribution is 5.96. The number of benzene rings is 1. The van der Waals surface area contributed by atoms with Gasteiger partial charge in [-0.1, -0.05) is 19.1 Å². The van der Waals surface area contributed by atoms with Gasteiger partial charge in [0.2, 0.25) is 0 Å². The molecule has 4 nitrogen and oxygen atoms in total. The van der Waals surface area contributed by atoms with Crippen LogP contribution in [0.2, 0.25) is 0 Å². The van der Waals surface area contributed by atoms with Crippen molar-refractivity contribution in [1.29, 1.82) is 0 Å². The zero-order valence-corrected chi connectivity index (χ0v) is 11.3. The molecule has 1 aliphatic heterocycles. The van der Waals surface area contributed by atoms with Gasteiger partial charge in [-0.25, -0.2) is 0 Å². The molecule has 1 aromatic carbocycles. The Balaban J connectivity index is 2.06. The zero-order valence-electron chi connectivity index (χ0n) is 11.3. The van der Waals surface area contributed by atoms with Crippen LogP contribution in [0.1, 0.15) is 36.5 Å². The number of likely N-dealkylation sites (tertiary alicyclic amines) is 1. The first-order chi connectivity index (χ1) is 9.12. The Labute approximate surface area is 113 Å². The van der Waals surface area contributed by atoms with Crippen LogP contribution in [0, 0.1) is 5.41 Å². The van der Waals surface area contributed by atoms with Crippen molar-refractivity contribution < 1.29 is 15.0 Å². The lowest BCUT2D eigenvalue weighted by Gasteiger charge is -2.40. The Kier molecular flexibility index (Phi) is 4.10. The molecule has 104 valence electrons. The Morgan fingerprint density at radius 1 is 1.32 bits per heavy atom. The van der Waals surface area contributed by atoms with Gasteiger partial charge < -0.3 is 15.1 Å². The van der Waals surface area contributed by atoms with Gasteiger partial charge in [-0.2, -0.15) is 0 Å². The predicted molar refractivity (Wildman–Crippen MR) is 73.1 cm³/mol. The van der Waals surface area contributed by atoms with Crippen LogP contribution in [0.3, 0.4) is 0 Å². The van der Waals surface area contributed by atoms with Crippen LogP contribution in [0.5, 0.6) is 5.75 Å². The zero-order chi connectivity index (χ0) is 13.9. The molecule has 0 aliphatic carbocycles. The lowest BCUT2D eigenvalue weighted by Crippen LogP contribution is -2.44. The van der Waals surface area contributed by atoms with Crippen molar-refractivity contribution >= 4 is 5.91 Å². The van der Waals surface area contributed by atoms with Gasteiger partial charge in [0.25, 0.3) is 5.91 Å². The Morgan fingerprint density at radius 3 is 2.47 bits per heavy atom. The van der Waals surface area contributed by atoms with E-state index >= 15 is 0 Å². The Hall–Kier alpha value is -1.55. The molecular weight excluding hydrogens is 242 g/mol. The van der Waals surface area contributed by atoms with Crippen LogP contribution in [0.15, 0.2) is 24.3 Å². The number of hydrogen-bond acceptors (Lipinski definition) is 3. The summed E-state index contributed by atoms with van der Waals surface area (Å²) < 4.78 is 0. The molecule has 0 bridgehead atoms. The van der Waals surface area contributed by atoms with E-state index in [1.54, 1.807) is 23.1 Å². The van der Waals surface area contributed by atoms with Gasteiger partial charge in [0, 0.05) is 19.7 Å². The maximum Gasteiger partial charge on any atom is 0.257 e. The number of nitrogens with zero attached hydrogens (tertiary/aromatic N) is 1. The van der Waals surface area contributed by atoms with Gasteiger partial charge in [-0.3, -0.25) is 4.79 Å². The second kappa shape index (κ2) is 5.61. The van der Waals surface area contributed by atoms with Gasteiger partial charge in [-0.15, -0.1) is 0 Å². The summed E-state index contributed by atoms with van der Waals surface area (Å²) >= 11 is 0. The van der Waals surface area contributed by atoms with E-state index in [1.165, 1.54) is 6.07 Å². The monoisotopic (exact) mass is 263 g/mol. The van der Waals surface area contributed by atoms with Crippen molar-refractivity contribution in [3.05, 3.63) is 29.8 Å². The van der Waals surface area contributed by atoms with Crippen molar-refractivity contribution in [2.45, 2.75) is 26.2 Å². The maximum atomic E-state index is 12.3. The SMILES string of the molecule is CCC1(CO)CCN(C(=O)c2ccccc2O)CC1. The highest BCUT2D eigenvalue weighted by Crippen LogP contribution is 2.35. The normalized spacial score (nSPS) is 18.3. The van der Waals surface area contributed by atoms with Gasteiger partial charge in [0.1, 0.15) is 5.75 Å². The molecule has 0 aromatic heterocycles. The molecule has 1 fully saturated rings. The predicted octanol–water partition coefficient (Wildman–Crippen LogP) is 2.02. The van der Waals surface area contributed by atoms with Crippen LogP contribution in [-0.4, -0.2) is 40.7 Å². The summed E-state index contributed by atoms with van der Waals surface area (Å²) in [5.74, 6) is -0.0947. The van der Waals surface area contributed by atoms with Crippen LogP contribution >= 0.6 is 0 Å². The summed E-state index contributed by atoms with van der Waals surface area (Å²) in [5.41, 5.74) is 0.325. The molecule has 1 aromatic rings. The number of aliphatic hydroxyl groups is 1. The number of para-hydroxylation sites is 1. The van der Waals surface area contributed by atoms with E-state index in [4.69, 9.17) is 0 Å². The summed E-state index contributed by atoms with van der Waals surface area (Å²) in [6.45, 7) is 3.54. The number of phenols is 1. The summed E-state index contributed by atoms with van der Waals surface area (Å²) in [6.07, 6.45) is 2.57. The molecule has 1 saturated heterocycles. The van der Waals surface area contributed by atoms with E-state index in [-0.39, 0.29) is 23.7 Å². The number of carbonyl (C=O) groups is 1. The molecule has 0 saturated carbocycles. The first kappa shape index (κ1) is 13.9. The number of piperidine rings is 1. The fourth-order valence-corrected chi connectivity index (χ4v) is 2.63. The molecule has 1 amide bonds.